The van der Waals surface area contributed by atoms with Crippen LogP contribution in [0.2, 0.25) is 0 Å². The Labute approximate surface area is 134 Å². The number of carbonyl (C=O) groups excluding carboxylic acids is 1. The summed E-state index contributed by atoms with van der Waals surface area (Å²) in [6.07, 6.45) is 0. The van der Waals surface area contributed by atoms with Crippen LogP contribution in [0.15, 0.2) is 42.5 Å². The van der Waals surface area contributed by atoms with Crippen molar-refractivity contribution in [2.45, 2.75) is 0 Å². The maximum atomic E-state index is 11.7. The zero-order chi connectivity index (χ0) is 16.2. The van der Waals surface area contributed by atoms with Gasteiger partial charge in [0, 0.05) is 5.56 Å². The van der Waals surface area contributed by atoms with Gasteiger partial charge in [-0.25, -0.2) is 0 Å². The second-order valence-corrected chi connectivity index (χ2v) is 4.76. The van der Waals surface area contributed by atoms with E-state index in [-0.39, 0.29) is 17.0 Å². The van der Waals surface area contributed by atoms with Crippen molar-refractivity contribution in [1.82, 2.24) is 15.2 Å². The molecule has 3 rings (SSSR count). The molecule has 1 atom stereocenters. The lowest BCUT2D eigenvalue weighted by molar-refractivity contribution is 0.106. The summed E-state index contributed by atoms with van der Waals surface area (Å²) in [5.74, 6) is 0.270. The summed E-state index contributed by atoms with van der Waals surface area (Å²) in [7, 11) is 2.99. The van der Waals surface area contributed by atoms with Gasteiger partial charge in [0.05, 0.1) is 5.56 Å². The lowest BCUT2D eigenvalue weighted by atomic mass is 9.87. The van der Waals surface area contributed by atoms with Gasteiger partial charge < -0.3 is 14.1 Å². The Kier molecular flexibility index (Phi) is 4.33. The van der Waals surface area contributed by atoms with Crippen LogP contribution < -0.4 is 4.84 Å². The molecule has 0 aliphatic heterocycles. The Bertz CT molecular complexity index is 922. The van der Waals surface area contributed by atoms with E-state index in [1.807, 2.05) is 27.7 Å². The highest BCUT2D eigenvalue weighted by molar-refractivity contribution is 7.13. The largest absolute Gasteiger partial charge is 0.414 e. The van der Waals surface area contributed by atoms with Crippen LogP contribution in [0.4, 0.5) is 0 Å². The molecule has 1 unspecified atom stereocenters. The van der Waals surface area contributed by atoms with E-state index in [4.69, 9.17) is 4.84 Å². The minimum Gasteiger partial charge on any atom is -0.414 e. The molecule has 1 radical (unpaired) electrons. The molecule has 3 aromatic rings. The lowest BCUT2D eigenvalue weighted by Gasteiger charge is -2.07. The second-order valence-electron chi connectivity index (χ2n) is 4.48. The molecule has 2 aromatic carbocycles. The number of carbonyl (C=O) groups is 1. The number of fused-ring (bicyclic) bond motifs is 1. The fourth-order valence-corrected chi connectivity index (χ4v) is 2.11. The van der Waals surface area contributed by atoms with Gasteiger partial charge in [0.1, 0.15) is 17.1 Å². The molecule has 0 bridgehead atoms. The number of para-hydroxylation sites is 1. The number of benzene rings is 2. The van der Waals surface area contributed by atoms with Crippen LogP contribution in [0.3, 0.4) is 0 Å². The molecule has 23 heavy (non-hydrogen) atoms. The van der Waals surface area contributed by atoms with E-state index in [0.717, 1.165) is 7.48 Å². The van der Waals surface area contributed by atoms with Gasteiger partial charge in [0.2, 0.25) is 0 Å². The van der Waals surface area contributed by atoms with E-state index >= 15 is 0 Å². The monoisotopic (exact) mass is 323 g/mol. The van der Waals surface area contributed by atoms with E-state index < -0.39 is 0 Å². The Hall–Kier alpha value is -2.75. The predicted molar refractivity (Wildman–Crippen MR) is 85.6 cm³/mol. The molecule has 0 amide bonds. The molecule has 0 aliphatic carbocycles. The van der Waals surface area contributed by atoms with E-state index in [1.165, 1.54) is 23.0 Å². The van der Waals surface area contributed by atoms with Crippen molar-refractivity contribution in [3.63, 3.8) is 0 Å². The Morgan fingerprint density at radius 1 is 1.30 bits per heavy atom. The van der Waals surface area contributed by atoms with Crippen molar-refractivity contribution in [1.29, 1.82) is 5.26 Å². The van der Waals surface area contributed by atoms with Gasteiger partial charge in [0.15, 0.2) is 11.4 Å². The highest BCUT2D eigenvalue weighted by Gasteiger charge is 2.14. The second kappa shape index (κ2) is 6.57. The molecule has 111 valence electrons. The van der Waals surface area contributed by atoms with Gasteiger partial charge in [-0.05, 0) is 45.0 Å². The van der Waals surface area contributed by atoms with Crippen molar-refractivity contribution < 1.29 is 14.1 Å². The third-order valence-corrected chi connectivity index (χ3v) is 3.20. The van der Waals surface area contributed by atoms with Crippen LogP contribution in [-0.4, -0.2) is 28.3 Å². The summed E-state index contributed by atoms with van der Waals surface area (Å²) in [5, 5.41) is 17.1. The van der Waals surface area contributed by atoms with E-state index in [9.17, 15) is 10.1 Å². The Balaban J connectivity index is 1.94. The fraction of sp³-hybridized carbons (Fsp3) is 0. The third-order valence-electron chi connectivity index (χ3n) is 3.07. The molecule has 0 saturated carbocycles. The van der Waals surface area contributed by atoms with Gasteiger partial charge in [0.25, 0.3) is 0 Å². The van der Waals surface area contributed by atoms with Crippen molar-refractivity contribution >= 4 is 33.7 Å². The fourth-order valence-electron chi connectivity index (χ4n) is 1.99. The molecule has 0 fully saturated rings. The van der Waals surface area contributed by atoms with Crippen LogP contribution in [-0.2, 0) is 4.44 Å². The highest BCUT2D eigenvalue weighted by atomic mass is 31.0. The van der Waals surface area contributed by atoms with E-state index in [0.29, 0.717) is 16.6 Å². The lowest BCUT2D eigenvalue weighted by Crippen LogP contribution is -2.11. The molecule has 0 spiro atoms. The summed E-state index contributed by atoms with van der Waals surface area (Å²) in [4.78, 5) is 18.6. The summed E-state index contributed by atoms with van der Waals surface area (Å²) in [6, 6.07) is 13.8. The van der Waals surface area contributed by atoms with Crippen LogP contribution in [0.25, 0.3) is 11.0 Å². The van der Waals surface area contributed by atoms with E-state index in [1.54, 1.807) is 12.1 Å². The van der Waals surface area contributed by atoms with Crippen molar-refractivity contribution in [3.05, 3.63) is 53.6 Å². The average molecular weight is 323 g/mol. The van der Waals surface area contributed by atoms with Gasteiger partial charge in [-0.2, -0.15) is 5.26 Å². The molecule has 0 N–H and O–H groups in total. The Morgan fingerprint density at radius 3 is 2.91 bits per heavy atom. The van der Waals surface area contributed by atoms with Gasteiger partial charge in [-0.3, -0.25) is 0 Å². The topological polar surface area (TPSA) is 90.0 Å². The Morgan fingerprint density at radius 2 is 2.13 bits per heavy atom. The molecule has 1 aromatic heterocycles. The number of hydrogen-bond donors (Lipinski definition) is 0. The average Bonchev–Trinajstić information content (AvgIpc) is 2.98. The van der Waals surface area contributed by atoms with Gasteiger partial charge in [-0.1, -0.05) is 17.0 Å². The van der Waals surface area contributed by atoms with Gasteiger partial charge in [-0.15, -0.1) is 5.10 Å². The first-order valence-electron chi connectivity index (χ1n) is 6.49. The quantitative estimate of drug-likeness (QED) is 0.524. The number of nitrogens with zero attached hydrogens (tertiary/aromatic N) is 4. The highest BCUT2D eigenvalue weighted by Crippen LogP contribution is 2.21. The molecule has 0 saturated heterocycles. The zero-order valence-corrected chi connectivity index (χ0v) is 12.9. The molecule has 0 aliphatic rings. The van der Waals surface area contributed by atoms with Crippen molar-refractivity contribution in [2.75, 3.05) is 0 Å². The number of hydrogen-bond acceptors (Lipinski definition) is 6. The number of rotatable bonds is 5. The maximum absolute atomic E-state index is 11.7. The summed E-state index contributed by atoms with van der Waals surface area (Å²) < 4.78 is 4.60. The van der Waals surface area contributed by atoms with Crippen molar-refractivity contribution in [3.8, 4) is 11.8 Å². The zero-order valence-electron chi connectivity index (χ0n) is 11.7. The first-order valence-corrected chi connectivity index (χ1v) is 6.96. The minimum absolute atomic E-state index is 0.201. The summed E-state index contributed by atoms with van der Waals surface area (Å²) in [6.45, 7) is 0. The minimum atomic E-state index is -0.353. The molecule has 1 heterocycles. The normalized spacial score (nSPS) is 10.3. The molecule has 7 nitrogen and oxygen atoms in total. The van der Waals surface area contributed by atoms with Crippen LogP contribution in [0.5, 0.6) is 5.75 Å². The first kappa shape index (κ1) is 15.2. The summed E-state index contributed by atoms with van der Waals surface area (Å²) >= 11 is 0. The van der Waals surface area contributed by atoms with Crippen LogP contribution in [0, 0.1) is 11.3 Å². The molecule has 9 heteroatoms. The third kappa shape index (κ3) is 3.06. The van der Waals surface area contributed by atoms with Crippen LogP contribution >= 0.6 is 9.47 Å². The standard InChI is InChI=1S/C14H9BN4O3P/c16-8-10-7-9(14(20)15-22-23)5-6-13(10)21-19-12-4-2-1-3-11(12)17-18-19/h1-7H,23H2. The predicted octanol–water partition coefficient (Wildman–Crippen LogP) is 1.71. The SMILES string of the molecule is N#Cc1cc(C(=O)[B]OP)ccc1On1nnc2ccccc21. The summed E-state index contributed by atoms with van der Waals surface area (Å²) in [5.41, 5.74) is 1.51. The van der Waals surface area contributed by atoms with E-state index in [2.05, 4.69) is 14.8 Å². The van der Waals surface area contributed by atoms with Crippen LogP contribution in [0.1, 0.15) is 15.9 Å². The smallest absolute Gasteiger partial charge is 0.387 e. The van der Waals surface area contributed by atoms with Gasteiger partial charge >= 0.3 is 7.48 Å². The van der Waals surface area contributed by atoms with Crippen molar-refractivity contribution in [2.24, 2.45) is 0 Å². The molecular formula is C14H9BN4O3P. The number of nitriles is 1. The first-order chi connectivity index (χ1) is 11.2. The number of aromatic nitrogens is 3. The molecular weight excluding hydrogens is 314 g/mol. The maximum Gasteiger partial charge on any atom is 0.387 e.